The first kappa shape index (κ1) is 16.7. The second kappa shape index (κ2) is 8.08. The molecule has 0 radical (unpaired) electrons. The SMILES string of the molecule is C=CCNC(=O)c1ccnc(N(Cc2ccccc2)C(C)C)n1. The van der Waals surface area contributed by atoms with Gasteiger partial charge in [-0.2, -0.15) is 0 Å². The molecule has 23 heavy (non-hydrogen) atoms. The second-order valence-corrected chi connectivity index (χ2v) is 5.45. The maximum absolute atomic E-state index is 12.0. The van der Waals surface area contributed by atoms with Gasteiger partial charge >= 0.3 is 0 Å². The highest BCUT2D eigenvalue weighted by Crippen LogP contribution is 2.15. The van der Waals surface area contributed by atoms with Crippen LogP contribution in [0.5, 0.6) is 0 Å². The highest BCUT2D eigenvalue weighted by molar-refractivity contribution is 5.92. The van der Waals surface area contributed by atoms with Crippen molar-refractivity contribution in [1.29, 1.82) is 0 Å². The van der Waals surface area contributed by atoms with Gasteiger partial charge in [0.2, 0.25) is 5.95 Å². The van der Waals surface area contributed by atoms with Crippen molar-refractivity contribution in [2.75, 3.05) is 11.4 Å². The van der Waals surface area contributed by atoms with E-state index in [9.17, 15) is 4.79 Å². The van der Waals surface area contributed by atoms with Crippen molar-refractivity contribution in [1.82, 2.24) is 15.3 Å². The zero-order valence-corrected chi connectivity index (χ0v) is 13.6. The molecule has 0 fully saturated rings. The number of amides is 1. The number of hydrogen-bond donors (Lipinski definition) is 1. The predicted molar refractivity (Wildman–Crippen MR) is 92.3 cm³/mol. The van der Waals surface area contributed by atoms with E-state index in [-0.39, 0.29) is 11.9 Å². The number of hydrogen-bond acceptors (Lipinski definition) is 4. The van der Waals surface area contributed by atoms with E-state index in [0.29, 0.717) is 24.7 Å². The maximum atomic E-state index is 12.0. The van der Waals surface area contributed by atoms with Crippen LogP contribution in [0.3, 0.4) is 0 Å². The molecular formula is C18H22N4O. The molecule has 1 amide bonds. The molecule has 5 heteroatoms. The lowest BCUT2D eigenvalue weighted by Gasteiger charge is -2.27. The Morgan fingerprint density at radius 2 is 2.04 bits per heavy atom. The summed E-state index contributed by atoms with van der Waals surface area (Å²) in [5.74, 6) is 0.326. The lowest BCUT2D eigenvalue weighted by atomic mass is 10.2. The summed E-state index contributed by atoms with van der Waals surface area (Å²) >= 11 is 0. The third-order valence-corrected chi connectivity index (χ3v) is 3.36. The van der Waals surface area contributed by atoms with Crippen LogP contribution >= 0.6 is 0 Å². The molecular weight excluding hydrogens is 288 g/mol. The topological polar surface area (TPSA) is 58.1 Å². The number of aromatic nitrogens is 2. The lowest BCUT2D eigenvalue weighted by Crippen LogP contribution is -2.33. The van der Waals surface area contributed by atoms with Crippen LogP contribution in [0.4, 0.5) is 5.95 Å². The van der Waals surface area contributed by atoms with E-state index in [4.69, 9.17) is 0 Å². The van der Waals surface area contributed by atoms with Crippen molar-refractivity contribution in [2.24, 2.45) is 0 Å². The molecule has 0 spiro atoms. The Labute approximate surface area is 137 Å². The van der Waals surface area contributed by atoms with Crippen LogP contribution in [-0.2, 0) is 6.54 Å². The fourth-order valence-electron chi connectivity index (χ4n) is 2.13. The van der Waals surface area contributed by atoms with E-state index in [1.807, 2.05) is 18.2 Å². The first-order valence-electron chi connectivity index (χ1n) is 7.64. The van der Waals surface area contributed by atoms with Gasteiger partial charge in [0.1, 0.15) is 5.69 Å². The normalized spacial score (nSPS) is 10.4. The molecule has 2 rings (SSSR count). The fraction of sp³-hybridized carbons (Fsp3) is 0.278. The molecule has 0 atom stereocenters. The summed E-state index contributed by atoms with van der Waals surface area (Å²) in [6.07, 6.45) is 3.25. The molecule has 0 saturated carbocycles. The minimum absolute atomic E-state index is 0.210. The van der Waals surface area contributed by atoms with E-state index >= 15 is 0 Å². The largest absolute Gasteiger partial charge is 0.347 e. The molecule has 0 unspecified atom stereocenters. The zero-order chi connectivity index (χ0) is 16.7. The predicted octanol–water partition coefficient (Wildman–Crippen LogP) is 2.81. The molecule has 1 aromatic heterocycles. The Morgan fingerprint density at radius 3 is 2.70 bits per heavy atom. The van der Waals surface area contributed by atoms with Crippen LogP contribution in [0.15, 0.2) is 55.3 Å². The third-order valence-electron chi connectivity index (χ3n) is 3.36. The minimum Gasteiger partial charge on any atom is -0.347 e. The summed E-state index contributed by atoms with van der Waals surface area (Å²) in [5.41, 5.74) is 1.53. The molecule has 0 saturated heterocycles. The van der Waals surface area contributed by atoms with Crippen molar-refractivity contribution in [2.45, 2.75) is 26.4 Å². The van der Waals surface area contributed by atoms with Gasteiger partial charge in [-0.1, -0.05) is 36.4 Å². The Hall–Kier alpha value is -2.69. The molecule has 0 aliphatic rings. The van der Waals surface area contributed by atoms with E-state index in [0.717, 1.165) is 0 Å². The first-order valence-corrected chi connectivity index (χ1v) is 7.64. The minimum atomic E-state index is -0.225. The summed E-state index contributed by atoms with van der Waals surface area (Å²) in [6.45, 7) is 8.85. The van der Waals surface area contributed by atoms with Crippen molar-refractivity contribution in [3.8, 4) is 0 Å². The quantitative estimate of drug-likeness (QED) is 0.799. The van der Waals surface area contributed by atoms with Gasteiger partial charge in [0.05, 0.1) is 0 Å². The van der Waals surface area contributed by atoms with E-state index in [2.05, 4.69) is 52.7 Å². The number of carbonyl (C=O) groups excluding carboxylic acids is 1. The van der Waals surface area contributed by atoms with E-state index < -0.39 is 0 Å². The Kier molecular flexibility index (Phi) is 5.86. The molecule has 0 aliphatic carbocycles. The van der Waals surface area contributed by atoms with Gasteiger partial charge < -0.3 is 10.2 Å². The molecule has 5 nitrogen and oxygen atoms in total. The molecule has 1 aromatic carbocycles. The summed E-state index contributed by atoms with van der Waals surface area (Å²) in [5, 5.41) is 2.73. The fourth-order valence-corrected chi connectivity index (χ4v) is 2.13. The number of anilines is 1. The van der Waals surface area contributed by atoms with Crippen LogP contribution in [0, 0.1) is 0 Å². The average Bonchev–Trinajstić information content (AvgIpc) is 2.58. The van der Waals surface area contributed by atoms with Crippen LogP contribution in [0.25, 0.3) is 0 Å². The van der Waals surface area contributed by atoms with Gasteiger partial charge in [0.25, 0.3) is 5.91 Å². The van der Waals surface area contributed by atoms with E-state index in [1.165, 1.54) is 5.56 Å². The number of benzene rings is 1. The number of nitrogens with one attached hydrogen (secondary N) is 1. The standard InChI is InChI=1S/C18H22N4O/c1-4-11-19-17(23)16-10-12-20-18(21-16)22(14(2)3)13-15-8-6-5-7-9-15/h4-10,12,14H,1,11,13H2,2-3H3,(H,19,23). The number of rotatable bonds is 7. The first-order chi connectivity index (χ1) is 11.1. The smallest absolute Gasteiger partial charge is 0.270 e. The van der Waals surface area contributed by atoms with Gasteiger partial charge in [-0.25, -0.2) is 9.97 Å². The summed E-state index contributed by atoms with van der Waals surface area (Å²) < 4.78 is 0. The molecule has 1 N–H and O–H groups in total. The van der Waals surface area contributed by atoms with Gasteiger partial charge in [0.15, 0.2) is 0 Å². The van der Waals surface area contributed by atoms with Crippen molar-refractivity contribution >= 4 is 11.9 Å². The molecule has 0 bridgehead atoms. The van der Waals surface area contributed by atoms with Gasteiger partial charge in [0, 0.05) is 25.3 Å². The highest BCUT2D eigenvalue weighted by Gasteiger charge is 2.16. The van der Waals surface area contributed by atoms with Crippen LogP contribution in [0.2, 0.25) is 0 Å². The molecule has 1 heterocycles. The Balaban J connectivity index is 2.22. The second-order valence-electron chi connectivity index (χ2n) is 5.45. The van der Waals surface area contributed by atoms with Crippen LogP contribution in [0.1, 0.15) is 29.9 Å². The Bertz CT molecular complexity index is 655. The van der Waals surface area contributed by atoms with Gasteiger partial charge in [-0.3, -0.25) is 4.79 Å². The zero-order valence-electron chi connectivity index (χ0n) is 13.6. The van der Waals surface area contributed by atoms with Crippen LogP contribution < -0.4 is 10.2 Å². The average molecular weight is 310 g/mol. The number of carbonyl (C=O) groups is 1. The highest BCUT2D eigenvalue weighted by atomic mass is 16.1. The van der Waals surface area contributed by atoms with E-state index in [1.54, 1.807) is 18.3 Å². The summed E-state index contributed by atoms with van der Waals surface area (Å²) in [7, 11) is 0. The molecule has 120 valence electrons. The lowest BCUT2D eigenvalue weighted by molar-refractivity contribution is 0.0953. The number of nitrogens with zero attached hydrogens (tertiary/aromatic N) is 3. The van der Waals surface area contributed by atoms with Crippen LogP contribution in [-0.4, -0.2) is 28.5 Å². The van der Waals surface area contributed by atoms with Crippen molar-refractivity contribution < 1.29 is 4.79 Å². The Morgan fingerprint density at radius 1 is 1.30 bits per heavy atom. The summed E-state index contributed by atoms with van der Waals surface area (Å²) in [4.78, 5) is 22.9. The third kappa shape index (κ3) is 4.64. The van der Waals surface area contributed by atoms with Gasteiger partial charge in [-0.15, -0.1) is 6.58 Å². The molecule has 0 aliphatic heterocycles. The monoisotopic (exact) mass is 310 g/mol. The maximum Gasteiger partial charge on any atom is 0.270 e. The van der Waals surface area contributed by atoms with Crippen molar-refractivity contribution in [3.05, 3.63) is 66.5 Å². The summed E-state index contributed by atoms with van der Waals surface area (Å²) in [6, 6.07) is 12.0. The molecule has 2 aromatic rings. The van der Waals surface area contributed by atoms with Gasteiger partial charge in [-0.05, 0) is 25.5 Å². The van der Waals surface area contributed by atoms with Crippen molar-refractivity contribution in [3.63, 3.8) is 0 Å².